The minimum absolute atomic E-state index is 1.21. The standard InChI is InChI=1S/C9H11N.C2H6/c1-7-2-3-8-4-5-10-9(8)6-7;1-2/h4-6,10H,2-3H2,1H3;1-2H3. The lowest BCUT2D eigenvalue weighted by atomic mass is 9.99. The van der Waals surface area contributed by atoms with Crippen molar-refractivity contribution in [3.63, 3.8) is 0 Å². The van der Waals surface area contributed by atoms with E-state index >= 15 is 0 Å². The van der Waals surface area contributed by atoms with Gasteiger partial charge in [0.05, 0.1) is 0 Å². The van der Waals surface area contributed by atoms with Gasteiger partial charge in [0.2, 0.25) is 0 Å². The van der Waals surface area contributed by atoms with E-state index in [0.717, 1.165) is 0 Å². The lowest BCUT2D eigenvalue weighted by Crippen LogP contribution is -1.93. The Labute approximate surface area is 74.5 Å². The third-order valence-electron chi connectivity index (χ3n) is 2.05. The minimum atomic E-state index is 1.21. The lowest BCUT2D eigenvalue weighted by molar-refractivity contribution is 0.927. The van der Waals surface area contributed by atoms with Crippen LogP contribution >= 0.6 is 0 Å². The maximum Gasteiger partial charge on any atom is 0.0412 e. The first-order valence-electron chi connectivity index (χ1n) is 4.70. The largest absolute Gasteiger partial charge is 0.361 e. The highest BCUT2D eigenvalue weighted by Crippen LogP contribution is 2.21. The minimum Gasteiger partial charge on any atom is -0.361 e. The quantitative estimate of drug-likeness (QED) is 0.603. The summed E-state index contributed by atoms with van der Waals surface area (Å²) >= 11 is 0. The van der Waals surface area contributed by atoms with Crippen LogP contribution in [0.25, 0.3) is 6.08 Å². The van der Waals surface area contributed by atoms with E-state index in [9.17, 15) is 0 Å². The van der Waals surface area contributed by atoms with E-state index in [2.05, 4.69) is 24.1 Å². The van der Waals surface area contributed by atoms with Gasteiger partial charge in [0.25, 0.3) is 0 Å². The van der Waals surface area contributed by atoms with Crippen LogP contribution in [0, 0.1) is 0 Å². The summed E-state index contributed by atoms with van der Waals surface area (Å²) < 4.78 is 0. The van der Waals surface area contributed by atoms with Crippen molar-refractivity contribution < 1.29 is 0 Å². The number of aromatic amines is 1. The van der Waals surface area contributed by atoms with Crippen molar-refractivity contribution in [2.75, 3.05) is 0 Å². The fourth-order valence-electron chi connectivity index (χ4n) is 1.42. The molecule has 0 aromatic carbocycles. The molecule has 1 aliphatic carbocycles. The van der Waals surface area contributed by atoms with Crippen molar-refractivity contribution in [1.29, 1.82) is 0 Å². The van der Waals surface area contributed by atoms with E-state index in [4.69, 9.17) is 0 Å². The molecule has 1 heteroatoms. The van der Waals surface area contributed by atoms with Crippen LogP contribution in [0.5, 0.6) is 0 Å². The molecule has 0 amide bonds. The molecule has 1 aromatic rings. The summed E-state index contributed by atoms with van der Waals surface area (Å²) in [4.78, 5) is 3.21. The Morgan fingerprint density at radius 2 is 2.00 bits per heavy atom. The van der Waals surface area contributed by atoms with Crippen LogP contribution in [0.2, 0.25) is 0 Å². The number of aryl methyl sites for hydroxylation is 1. The first-order chi connectivity index (χ1) is 5.86. The maximum absolute atomic E-state index is 3.21. The number of rotatable bonds is 0. The molecule has 1 nitrogen and oxygen atoms in total. The third-order valence-corrected chi connectivity index (χ3v) is 2.05. The Hall–Kier alpha value is -0.980. The van der Waals surface area contributed by atoms with E-state index in [-0.39, 0.29) is 0 Å². The van der Waals surface area contributed by atoms with Crippen LogP contribution in [-0.2, 0) is 6.42 Å². The highest BCUT2D eigenvalue weighted by molar-refractivity contribution is 5.55. The number of fused-ring (bicyclic) bond motifs is 1. The summed E-state index contributed by atoms with van der Waals surface area (Å²) in [6.07, 6.45) is 6.69. The molecular weight excluding hydrogens is 146 g/mol. The fourth-order valence-corrected chi connectivity index (χ4v) is 1.42. The van der Waals surface area contributed by atoms with E-state index in [1.54, 1.807) is 0 Å². The van der Waals surface area contributed by atoms with E-state index in [1.807, 2.05) is 20.0 Å². The highest BCUT2D eigenvalue weighted by Gasteiger charge is 2.06. The highest BCUT2D eigenvalue weighted by atomic mass is 14.7. The van der Waals surface area contributed by atoms with Gasteiger partial charge in [-0.15, -0.1) is 0 Å². The van der Waals surface area contributed by atoms with Crippen LogP contribution in [0.4, 0.5) is 0 Å². The molecule has 0 aliphatic heterocycles. The van der Waals surface area contributed by atoms with Gasteiger partial charge >= 0.3 is 0 Å². The second-order valence-electron chi connectivity index (χ2n) is 2.91. The summed E-state index contributed by atoms with van der Waals surface area (Å²) in [5.74, 6) is 0. The van der Waals surface area contributed by atoms with Crippen molar-refractivity contribution in [3.05, 3.63) is 29.1 Å². The van der Waals surface area contributed by atoms with Crippen molar-refractivity contribution in [1.82, 2.24) is 4.98 Å². The summed E-state index contributed by atoms with van der Waals surface area (Å²) in [6, 6.07) is 2.16. The predicted octanol–water partition coefficient (Wildman–Crippen LogP) is 3.39. The van der Waals surface area contributed by atoms with Gasteiger partial charge in [-0.3, -0.25) is 0 Å². The molecular formula is C11H17N. The number of nitrogens with one attached hydrogen (secondary N) is 1. The monoisotopic (exact) mass is 163 g/mol. The molecule has 0 radical (unpaired) electrons. The number of allylic oxidation sites excluding steroid dienone is 1. The Morgan fingerprint density at radius 3 is 2.75 bits per heavy atom. The first kappa shape index (κ1) is 9.11. The molecule has 0 saturated heterocycles. The summed E-state index contributed by atoms with van der Waals surface area (Å²) in [6.45, 7) is 6.18. The van der Waals surface area contributed by atoms with Gasteiger partial charge < -0.3 is 4.98 Å². The predicted molar refractivity (Wildman–Crippen MR) is 54.1 cm³/mol. The third kappa shape index (κ3) is 1.79. The molecule has 1 aromatic heterocycles. The van der Waals surface area contributed by atoms with Crippen molar-refractivity contribution >= 4 is 6.08 Å². The first-order valence-corrected chi connectivity index (χ1v) is 4.70. The number of hydrogen-bond donors (Lipinski definition) is 1. The molecule has 0 unspecified atom stereocenters. The Morgan fingerprint density at radius 1 is 1.25 bits per heavy atom. The zero-order valence-electron chi connectivity index (χ0n) is 8.15. The summed E-state index contributed by atoms with van der Waals surface area (Å²) in [5, 5.41) is 0. The van der Waals surface area contributed by atoms with Crippen LogP contribution in [0.1, 0.15) is 38.4 Å². The molecule has 1 N–H and O–H groups in total. The fraction of sp³-hybridized carbons (Fsp3) is 0.455. The molecule has 0 spiro atoms. The molecule has 0 saturated carbocycles. The molecule has 1 heterocycles. The van der Waals surface area contributed by atoms with Crippen LogP contribution in [0.15, 0.2) is 17.8 Å². The Bertz CT molecular complexity index is 268. The molecule has 0 bridgehead atoms. The van der Waals surface area contributed by atoms with E-state index in [0.29, 0.717) is 0 Å². The Balaban J connectivity index is 0.000000336. The van der Waals surface area contributed by atoms with Crippen molar-refractivity contribution in [2.24, 2.45) is 0 Å². The van der Waals surface area contributed by atoms with E-state index in [1.165, 1.54) is 29.7 Å². The maximum atomic E-state index is 3.21. The van der Waals surface area contributed by atoms with Gasteiger partial charge in [0.15, 0.2) is 0 Å². The topological polar surface area (TPSA) is 15.8 Å². The molecule has 66 valence electrons. The van der Waals surface area contributed by atoms with Gasteiger partial charge in [-0.2, -0.15) is 0 Å². The second-order valence-corrected chi connectivity index (χ2v) is 2.91. The Kier molecular flexibility index (Phi) is 3.15. The average Bonchev–Trinajstić information content (AvgIpc) is 2.54. The van der Waals surface area contributed by atoms with Gasteiger partial charge in [-0.1, -0.05) is 19.4 Å². The van der Waals surface area contributed by atoms with E-state index < -0.39 is 0 Å². The number of aromatic nitrogens is 1. The summed E-state index contributed by atoms with van der Waals surface area (Å²) in [5.41, 5.74) is 4.25. The zero-order chi connectivity index (χ0) is 8.97. The van der Waals surface area contributed by atoms with Gasteiger partial charge in [-0.25, -0.2) is 0 Å². The molecule has 0 atom stereocenters. The normalized spacial score (nSPS) is 14.1. The van der Waals surface area contributed by atoms with Gasteiger partial charge in [0, 0.05) is 11.9 Å². The molecule has 12 heavy (non-hydrogen) atoms. The lowest BCUT2D eigenvalue weighted by Gasteiger charge is -2.08. The van der Waals surface area contributed by atoms with Crippen LogP contribution in [0.3, 0.4) is 0 Å². The smallest absolute Gasteiger partial charge is 0.0412 e. The van der Waals surface area contributed by atoms with Crippen molar-refractivity contribution in [2.45, 2.75) is 33.6 Å². The number of hydrogen-bond acceptors (Lipinski definition) is 0. The molecule has 0 fully saturated rings. The SMILES string of the molecule is CC.CC1=Cc2[nH]ccc2CC1. The molecule has 2 rings (SSSR count). The van der Waals surface area contributed by atoms with Gasteiger partial charge in [0.1, 0.15) is 0 Å². The van der Waals surface area contributed by atoms with Crippen LogP contribution in [-0.4, -0.2) is 4.98 Å². The summed E-state index contributed by atoms with van der Waals surface area (Å²) in [7, 11) is 0. The molecule has 1 aliphatic rings. The average molecular weight is 163 g/mol. The van der Waals surface area contributed by atoms with Crippen LogP contribution < -0.4 is 0 Å². The zero-order valence-corrected chi connectivity index (χ0v) is 8.15. The van der Waals surface area contributed by atoms with Crippen molar-refractivity contribution in [3.8, 4) is 0 Å². The number of H-pyrrole nitrogens is 1. The van der Waals surface area contributed by atoms with Gasteiger partial charge in [-0.05, 0) is 37.5 Å². The second kappa shape index (κ2) is 4.15.